The lowest BCUT2D eigenvalue weighted by atomic mass is 9.97. The highest BCUT2D eigenvalue weighted by Crippen LogP contribution is 2.37. The van der Waals surface area contributed by atoms with Gasteiger partial charge in [0.25, 0.3) is 6.43 Å². The molecule has 0 radical (unpaired) electrons. The van der Waals surface area contributed by atoms with E-state index in [1.54, 1.807) is 24.1 Å². The number of fused-ring (bicyclic) bond motifs is 1. The predicted octanol–water partition coefficient (Wildman–Crippen LogP) is 5.22. The summed E-state index contributed by atoms with van der Waals surface area (Å²) in [6.07, 6.45) is 0.303. The molecule has 11 heteroatoms. The van der Waals surface area contributed by atoms with Gasteiger partial charge in [-0.3, -0.25) is 14.4 Å². The van der Waals surface area contributed by atoms with E-state index >= 15 is 0 Å². The van der Waals surface area contributed by atoms with Crippen LogP contribution in [0.1, 0.15) is 45.9 Å². The second-order valence-corrected chi connectivity index (χ2v) is 10.9. The SMILES string of the molecule is COC(=O)c1ccc(C2CN(CC(F)F)CCN2Cc2c(OC)cc(C)c3c2ccn3C(=O)O)cc1NCC1CC1. The molecule has 1 saturated carbocycles. The number of carbonyl (C=O) groups is 2. The van der Waals surface area contributed by atoms with Crippen molar-refractivity contribution in [3.8, 4) is 5.75 Å². The van der Waals surface area contributed by atoms with Crippen molar-refractivity contribution in [3.63, 3.8) is 0 Å². The van der Waals surface area contributed by atoms with E-state index in [9.17, 15) is 23.5 Å². The van der Waals surface area contributed by atoms with Gasteiger partial charge in [0, 0.05) is 61.6 Å². The Labute approximate surface area is 237 Å². The Morgan fingerprint density at radius 2 is 1.93 bits per heavy atom. The van der Waals surface area contributed by atoms with Crippen molar-refractivity contribution in [1.82, 2.24) is 14.4 Å². The van der Waals surface area contributed by atoms with Gasteiger partial charge in [0.1, 0.15) is 5.75 Å². The third-order valence-corrected chi connectivity index (χ3v) is 8.10. The van der Waals surface area contributed by atoms with Crippen LogP contribution in [0.25, 0.3) is 10.9 Å². The van der Waals surface area contributed by atoms with Crippen LogP contribution in [-0.2, 0) is 11.3 Å². The molecular weight excluding hydrogens is 534 g/mol. The summed E-state index contributed by atoms with van der Waals surface area (Å²) in [6.45, 7) is 4.03. The van der Waals surface area contributed by atoms with E-state index in [0.29, 0.717) is 54.6 Å². The molecule has 5 rings (SSSR count). The number of ether oxygens (including phenoxy) is 2. The van der Waals surface area contributed by atoms with Gasteiger partial charge >= 0.3 is 12.1 Å². The Kier molecular flexibility index (Phi) is 8.46. The maximum atomic E-state index is 13.4. The molecule has 9 nitrogen and oxygen atoms in total. The lowest BCUT2D eigenvalue weighted by Gasteiger charge is -2.42. The van der Waals surface area contributed by atoms with Gasteiger partial charge in [-0.05, 0) is 61.1 Å². The monoisotopic (exact) mass is 570 g/mol. The number of methoxy groups -OCH3 is 2. The second-order valence-electron chi connectivity index (χ2n) is 10.9. The zero-order valence-corrected chi connectivity index (χ0v) is 23.5. The van der Waals surface area contributed by atoms with E-state index in [2.05, 4.69) is 10.2 Å². The van der Waals surface area contributed by atoms with Crippen LogP contribution in [0.2, 0.25) is 0 Å². The van der Waals surface area contributed by atoms with Crippen molar-refractivity contribution in [2.75, 3.05) is 52.3 Å². The molecule has 2 aliphatic rings. The number of carboxylic acid groups (broad SMARTS) is 1. The topological polar surface area (TPSA) is 96.3 Å². The highest BCUT2D eigenvalue weighted by Gasteiger charge is 2.32. The van der Waals surface area contributed by atoms with Crippen molar-refractivity contribution in [1.29, 1.82) is 0 Å². The summed E-state index contributed by atoms with van der Waals surface area (Å²) >= 11 is 0. The Hall–Kier alpha value is -3.70. The smallest absolute Gasteiger partial charge is 0.416 e. The molecule has 1 aliphatic heterocycles. The molecule has 0 spiro atoms. The number of piperazine rings is 1. The van der Waals surface area contributed by atoms with E-state index in [4.69, 9.17) is 9.47 Å². The number of halogens is 2. The molecule has 1 aromatic heterocycles. The van der Waals surface area contributed by atoms with E-state index < -0.39 is 18.5 Å². The number of benzene rings is 2. The summed E-state index contributed by atoms with van der Waals surface area (Å²) in [5.41, 5.74) is 4.19. The number of alkyl halides is 2. The van der Waals surface area contributed by atoms with Gasteiger partial charge in [-0.15, -0.1) is 0 Å². The molecule has 2 N–H and O–H groups in total. The minimum atomic E-state index is -2.45. The summed E-state index contributed by atoms with van der Waals surface area (Å²) in [5, 5.41) is 13.9. The molecular formula is C30H36F2N4O5. The lowest BCUT2D eigenvalue weighted by Crippen LogP contribution is -2.49. The quantitative estimate of drug-likeness (QED) is 0.321. The molecule has 2 aromatic carbocycles. The van der Waals surface area contributed by atoms with Gasteiger partial charge in [-0.2, -0.15) is 0 Å². The van der Waals surface area contributed by atoms with Gasteiger partial charge in [0.15, 0.2) is 0 Å². The van der Waals surface area contributed by atoms with Crippen molar-refractivity contribution in [2.45, 2.75) is 38.8 Å². The molecule has 2 heterocycles. The number of hydrogen-bond donors (Lipinski definition) is 2. The van der Waals surface area contributed by atoms with E-state index in [1.807, 2.05) is 25.1 Å². The Balaban J connectivity index is 1.54. The number of nitrogens with zero attached hydrogens (tertiary/aromatic N) is 3. The molecule has 1 saturated heterocycles. The van der Waals surface area contributed by atoms with Crippen LogP contribution in [-0.4, -0.2) is 84.9 Å². The molecule has 0 amide bonds. The van der Waals surface area contributed by atoms with E-state index in [-0.39, 0.29) is 12.6 Å². The van der Waals surface area contributed by atoms with Gasteiger partial charge < -0.3 is 19.9 Å². The largest absolute Gasteiger partial charge is 0.496 e. The minimum Gasteiger partial charge on any atom is -0.496 e. The van der Waals surface area contributed by atoms with Crippen LogP contribution in [0.5, 0.6) is 5.75 Å². The van der Waals surface area contributed by atoms with Crippen molar-refractivity contribution in [3.05, 3.63) is 58.8 Å². The van der Waals surface area contributed by atoms with Gasteiger partial charge in [0.2, 0.25) is 0 Å². The lowest BCUT2D eigenvalue weighted by molar-refractivity contribution is 0.0246. The fraction of sp³-hybridized carbons (Fsp3) is 0.467. The van der Waals surface area contributed by atoms with Crippen LogP contribution in [0.3, 0.4) is 0 Å². The zero-order chi connectivity index (χ0) is 29.3. The van der Waals surface area contributed by atoms with Crippen molar-refractivity contribution >= 4 is 28.7 Å². The summed E-state index contributed by atoms with van der Waals surface area (Å²) in [5.74, 6) is 0.774. The third-order valence-electron chi connectivity index (χ3n) is 8.10. The number of carbonyl (C=O) groups excluding carboxylic acids is 1. The fourth-order valence-electron chi connectivity index (χ4n) is 5.79. The van der Waals surface area contributed by atoms with Crippen LogP contribution >= 0.6 is 0 Å². The first-order chi connectivity index (χ1) is 19.7. The van der Waals surface area contributed by atoms with Gasteiger partial charge in [-0.25, -0.2) is 18.4 Å². The van der Waals surface area contributed by atoms with Crippen LogP contribution in [0, 0.1) is 12.8 Å². The summed E-state index contributed by atoms with van der Waals surface area (Å²) in [6, 6.07) is 8.88. The average Bonchev–Trinajstić information content (AvgIpc) is 3.67. The first kappa shape index (κ1) is 28.8. The fourth-order valence-corrected chi connectivity index (χ4v) is 5.79. The predicted molar refractivity (Wildman–Crippen MR) is 151 cm³/mol. The second kappa shape index (κ2) is 12.0. The molecule has 2 fully saturated rings. The Morgan fingerprint density at radius 1 is 1.15 bits per heavy atom. The first-order valence-electron chi connectivity index (χ1n) is 13.8. The van der Waals surface area contributed by atoms with E-state index in [0.717, 1.165) is 41.5 Å². The van der Waals surface area contributed by atoms with Crippen LogP contribution in [0.15, 0.2) is 36.5 Å². The zero-order valence-electron chi connectivity index (χ0n) is 23.5. The number of nitrogens with one attached hydrogen (secondary N) is 1. The number of esters is 1. The summed E-state index contributed by atoms with van der Waals surface area (Å²) in [7, 11) is 2.93. The van der Waals surface area contributed by atoms with Crippen molar-refractivity contribution in [2.24, 2.45) is 5.92 Å². The Morgan fingerprint density at radius 3 is 2.59 bits per heavy atom. The van der Waals surface area contributed by atoms with Gasteiger partial charge in [0.05, 0.1) is 31.8 Å². The first-order valence-corrected chi connectivity index (χ1v) is 13.8. The molecule has 220 valence electrons. The standard InChI is InChI=1S/C30H36F2N4O5/c1-18-12-26(40-2)23(21-8-9-36(28(18)21)30(38)39)15-35-11-10-34(17-27(31)32)16-25(35)20-6-7-22(29(37)41-3)24(13-20)33-14-19-4-5-19/h6-9,12-13,19,25,27,33H,4-5,10-11,14-17H2,1-3H3,(H,38,39). The van der Waals surface area contributed by atoms with Crippen LogP contribution in [0.4, 0.5) is 19.3 Å². The summed E-state index contributed by atoms with van der Waals surface area (Å²) in [4.78, 5) is 28.4. The highest BCUT2D eigenvalue weighted by atomic mass is 19.3. The molecule has 1 atom stereocenters. The number of hydrogen-bond acceptors (Lipinski definition) is 7. The minimum absolute atomic E-state index is 0.265. The normalized spacial score (nSPS) is 18.1. The average molecular weight is 571 g/mol. The number of rotatable bonds is 10. The van der Waals surface area contributed by atoms with Crippen LogP contribution < -0.4 is 10.1 Å². The Bertz CT molecular complexity index is 1440. The van der Waals surface area contributed by atoms with Gasteiger partial charge in [-0.1, -0.05) is 6.07 Å². The van der Waals surface area contributed by atoms with Crippen molar-refractivity contribution < 1.29 is 33.0 Å². The number of anilines is 1. The molecule has 3 aromatic rings. The highest BCUT2D eigenvalue weighted by molar-refractivity contribution is 5.96. The maximum absolute atomic E-state index is 13.4. The molecule has 0 bridgehead atoms. The summed E-state index contributed by atoms with van der Waals surface area (Å²) < 4.78 is 38.8. The molecule has 41 heavy (non-hydrogen) atoms. The number of aromatic nitrogens is 1. The molecule has 1 aliphatic carbocycles. The number of aryl methyl sites for hydroxylation is 1. The maximum Gasteiger partial charge on any atom is 0.416 e. The third kappa shape index (κ3) is 6.15. The van der Waals surface area contributed by atoms with E-state index in [1.165, 1.54) is 17.9 Å². The molecule has 1 unspecified atom stereocenters.